The number of cyclic esters (lactones) is 1. The second-order valence-corrected chi connectivity index (χ2v) is 9.76. The predicted molar refractivity (Wildman–Crippen MR) is 148 cm³/mol. The smallest absolute Gasteiger partial charge is 0.363 e. The zero-order valence-corrected chi connectivity index (χ0v) is 22.5. The SMILES string of the molecule is COc1cc(C2=N/C(=C/c3cc4cccc(C)c4nc3Sc3ccc(C)cc3)C(=O)O2)cc(OC)c1OC. The molecule has 4 aromatic rings. The van der Waals surface area contributed by atoms with E-state index in [1.54, 1.807) is 18.2 Å². The van der Waals surface area contributed by atoms with Gasteiger partial charge in [0.05, 0.1) is 26.8 Å². The van der Waals surface area contributed by atoms with Crippen molar-refractivity contribution >= 4 is 40.6 Å². The second kappa shape index (κ2) is 10.6. The normalized spacial score (nSPS) is 14.0. The molecular formula is C30H26N2O5S. The molecule has 3 aromatic carbocycles. The molecule has 2 heterocycles. The average Bonchev–Trinajstić information content (AvgIpc) is 3.29. The minimum atomic E-state index is -0.552. The lowest BCUT2D eigenvalue weighted by atomic mass is 10.1. The quantitative estimate of drug-likeness (QED) is 0.204. The van der Waals surface area contributed by atoms with Crippen LogP contribution in [0.4, 0.5) is 0 Å². The summed E-state index contributed by atoms with van der Waals surface area (Å²) >= 11 is 1.54. The van der Waals surface area contributed by atoms with E-state index in [2.05, 4.69) is 36.2 Å². The number of aryl methyl sites for hydroxylation is 2. The maximum Gasteiger partial charge on any atom is 0.363 e. The summed E-state index contributed by atoms with van der Waals surface area (Å²) in [5, 5.41) is 1.75. The molecule has 0 bridgehead atoms. The molecule has 0 saturated heterocycles. The second-order valence-electron chi connectivity index (χ2n) is 8.69. The van der Waals surface area contributed by atoms with Crippen molar-refractivity contribution in [1.29, 1.82) is 0 Å². The van der Waals surface area contributed by atoms with Crippen LogP contribution in [0.15, 0.2) is 81.3 Å². The van der Waals surface area contributed by atoms with Gasteiger partial charge < -0.3 is 18.9 Å². The lowest BCUT2D eigenvalue weighted by Gasteiger charge is -2.13. The summed E-state index contributed by atoms with van der Waals surface area (Å²) in [7, 11) is 4.58. The number of hydrogen-bond donors (Lipinski definition) is 0. The zero-order valence-electron chi connectivity index (χ0n) is 21.7. The predicted octanol–water partition coefficient (Wildman–Crippen LogP) is 6.37. The molecule has 0 saturated carbocycles. The molecule has 0 radical (unpaired) electrons. The number of methoxy groups -OCH3 is 3. The molecule has 1 aliphatic heterocycles. The first-order valence-electron chi connectivity index (χ1n) is 11.9. The molecule has 8 heteroatoms. The molecule has 5 rings (SSSR count). The van der Waals surface area contributed by atoms with Crippen LogP contribution in [0.5, 0.6) is 17.2 Å². The van der Waals surface area contributed by atoms with Gasteiger partial charge in [0, 0.05) is 21.4 Å². The third-order valence-corrected chi connectivity index (χ3v) is 7.13. The van der Waals surface area contributed by atoms with Gasteiger partial charge in [-0.05, 0) is 55.8 Å². The van der Waals surface area contributed by atoms with Crippen molar-refractivity contribution in [2.24, 2.45) is 4.99 Å². The third-order valence-electron chi connectivity index (χ3n) is 6.10. The molecule has 1 aliphatic rings. The molecule has 192 valence electrons. The van der Waals surface area contributed by atoms with Crippen molar-refractivity contribution in [1.82, 2.24) is 4.98 Å². The van der Waals surface area contributed by atoms with Gasteiger partial charge in [-0.3, -0.25) is 0 Å². The Kier molecular flexibility index (Phi) is 7.07. The Morgan fingerprint density at radius 3 is 2.26 bits per heavy atom. The van der Waals surface area contributed by atoms with Crippen molar-refractivity contribution < 1.29 is 23.7 Å². The molecule has 0 unspecified atom stereocenters. The lowest BCUT2D eigenvalue weighted by Crippen LogP contribution is -2.07. The van der Waals surface area contributed by atoms with E-state index in [-0.39, 0.29) is 11.6 Å². The summed E-state index contributed by atoms with van der Waals surface area (Å²) in [5.41, 5.74) is 4.65. The number of rotatable bonds is 7. The van der Waals surface area contributed by atoms with Crippen LogP contribution in [-0.4, -0.2) is 38.2 Å². The number of ether oxygens (including phenoxy) is 4. The van der Waals surface area contributed by atoms with Gasteiger partial charge in [-0.1, -0.05) is 47.7 Å². The van der Waals surface area contributed by atoms with E-state index in [1.165, 1.54) is 38.7 Å². The van der Waals surface area contributed by atoms with Gasteiger partial charge in [0.15, 0.2) is 17.2 Å². The molecule has 0 N–H and O–H groups in total. The number of carbonyl (C=O) groups is 1. The van der Waals surface area contributed by atoms with Gasteiger partial charge in [-0.15, -0.1) is 0 Å². The molecule has 38 heavy (non-hydrogen) atoms. The van der Waals surface area contributed by atoms with Gasteiger partial charge in [0.25, 0.3) is 0 Å². The highest BCUT2D eigenvalue weighted by molar-refractivity contribution is 7.99. The number of benzene rings is 3. The molecule has 0 spiro atoms. The van der Waals surface area contributed by atoms with Gasteiger partial charge >= 0.3 is 5.97 Å². The Morgan fingerprint density at radius 2 is 1.61 bits per heavy atom. The molecule has 1 aromatic heterocycles. The number of para-hydroxylation sites is 1. The maximum atomic E-state index is 12.9. The topological polar surface area (TPSA) is 79.2 Å². The first-order chi connectivity index (χ1) is 18.4. The Morgan fingerprint density at radius 1 is 0.895 bits per heavy atom. The van der Waals surface area contributed by atoms with Crippen molar-refractivity contribution in [3.05, 3.63) is 88.6 Å². The summed E-state index contributed by atoms with van der Waals surface area (Å²) in [6.07, 6.45) is 1.72. The highest BCUT2D eigenvalue weighted by Gasteiger charge is 2.27. The van der Waals surface area contributed by atoms with Crippen molar-refractivity contribution in [2.45, 2.75) is 23.8 Å². The molecule has 7 nitrogen and oxygen atoms in total. The minimum absolute atomic E-state index is 0.151. The van der Waals surface area contributed by atoms with Crippen LogP contribution < -0.4 is 14.2 Å². The largest absolute Gasteiger partial charge is 0.493 e. The summed E-state index contributed by atoms with van der Waals surface area (Å²) < 4.78 is 21.8. The van der Waals surface area contributed by atoms with Crippen LogP contribution in [0.3, 0.4) is 0 Å². The van der Waals surface area contributed by atoms with Crippen LogP contribution in [-0.2, 0) is 9.53 Å². The van der Waals surface area contributed by atoms with Crippen LogP contribution in [0, 0.1) is 13.8 Å². The van der Waals surface area contributed by atoms with Gasteiger partial charge in [0.1, 0.15) is 5.03 Å². The standard InChI is InChI=1S/C30H26N2O5S/c1-17-9-11-22(12-10-17)38-29-21(13-19-8-6-7-18(2)26(19)32-29)14-23-30(33)37-28(31-23)20-15-24(34-3)27(36-5)25(16-20)35-4/h6-16H,1-5H3/b23-14+. The van der Waals surface area contributed by atoms with Gasteiger partial charge in [0.2, 0.25) is 11.6 Å². The highest BCUT2D eigenvalue weighted by atomic mass is 32.2. The summed E-state index contributed by atoms with van der Waals surface area (Å²) in [6.45, 7) is 4.09. The van der Waals surface area contributed by atoms with Crippen molar-refractivity contribution in [2.75, 3.05) is 21.3 Å². The zero-order chi connectivity index (χ0) is 26.8. The molecule has 0 fully saturated rings. The van der Waals surface area contributed by atoms with E-state index >= 15 is 0 Å². The van der Waals surface area contributed by atoms with Crippen LogP contribution in [0.1, 0.15) is 22.3 Å². The fraction of sp³-hybridized carbons (Fsp3) is 0.167. The number of aromatic nitrogens is 1. The first-order valence-corrected chi connectivity index (χ1v) is 12.7. The number of hydrogen-bond acceptors (Lipinski definition) is 8. The summed E-state index contributed by atoms with van der Waals surface area (Å²) in [5.74, 6) is 0.907. The third kappa shape index (κ3) is 4.95. The number of pyridine rings is 1. The average molecular weight is 527 g/mol. The Bertz CT molecular complexity index is 1580. The summed E-state index contributed by atoms with van der Waals surface area (Å²) in [6, 6.07) is 19.7. The van der Waals surface area contributed by atoms with Crippen molar-refractivity contribution in [3.63, 3.8) is 0 Å². The fourth-order valence-corrected chi connectivity index (χ4v) is 5.00. The number of esters is 1. The van der Waals surface area contributed by atoms with E-state index in [9.17, 15) is 4.79 Å². The van der Waals surface area contributed by atoms with E-state index in [4.69, 9.17) is 23.9 Å². The fourth-order valence-electron chi connectivity index (χ4n) is 4.13. The monoisotopic (exact) mass is 526 g/mol. The van der Waals surface area contributed by atoms with Crippen LogP contribution >= 0.6 is 11.8 Å². The minimum Gasteiger partial charge on any atom is -0.493 e. The van der Waals surface area contributed by atoms with Gasteiger partial charge in [-0.25, -0.2) is 14.8 Å². The van der Waals surface area contributed by atoms with E-state index < -0.39 is 5.97 Å². The Hall–Kier alpha value is -4.30. The number of aliphatic imine (C=N–C) groups is 1. The van der Waals surface area contributed by atoms with E-state index in [0.29, 0.717) is 22.8 Å². The molecule has 0 atom stereocenters. The van der Waals surface area contributed by atoms with Gasteiger partial charge in [-0.2, -0.15) is 0 Å². The number of carbonyl (C=O) groups excluding carboxylic acids is 1. The van der Waals surface area contributed by atoms with Crippen LogP contribution in [0.25, 0.3) is 17.0 Å². The maximum absolute atomic E-state index is 12.9. The first kappa shape index (κ1) is 25.4. The van der Waals surface area contributed by atoms with E-state index in [1.807, 2.05) is 31.2 Å². The number of nitrogens with zero attached hydrogens (tertiary/aromatic N) is 2. The molecule has 0 aliphatic carbocycles. The van der Waals surface area contributed by atoms with Crippen molar-refractivity contribution in [3.8, 4) is 17.2 Å². The lowest BCUT2D eigenvalue weighted by molar-refractivity contribution is -0.129. The van der Waals surface area contributed by atoms with E-state index in [0.717, 1.165) is 32.0 Å². The Balaban J connectivity index is 1.59. The molecule has 0 amide bonds. The van der Waals surface area contributed by atoms with Crippen LogP contribution in [0.2, 0.25) is 0 Å². The Labute approximate surface area is 225 Å². The summed E-state index contributed by atoms with van der Waals surface area (Å²) in [4.78, 5) is 23.4. The molecular weight excluding hydrogens is 500 g/mol. The highest BCUT2D eigenvalue weighted by Crippen LogP contribution is 2.39. The number of fused-ring (bicyclic) bond motifs is 1.